The molecule has 1 aliphatic rings. The van der Waals surface area contributed by atoms with Gasteiger partial charge in [-0.2, -0.15) is 0 Å². The van der Waals surface area contributed by atoms with Gasteiger partial charge in [-0.25, -0.2) is 5.06 Å². The van der Waals surface area contributed by atoms with E-state index in [1.165, 1.54) is 20.0 Å². The van der Waals surface area contributed by atoms with Crippen LogP contribution in [0.2, 0.25) is 0 Å². The van der Waals surface area contributed by atoms with E-state index in [9.17, 15) is 9.59 Å². The zero-order valence-electron chi connectivity index (χ0n) is 18.5. The Morgan fingerprint density at radius 2 is 1.41 bits per heavy atom. The van der Waals surface area contributed by atoms with Crippen LogP contribution in [-0.2, 0) is 9.57 Å². The molecule has 2 aromatic heterocycles. The van der Waals surface area contributed by atoms with E-state index in [1.54, 1.807) is 68.2 Å². The molecule has 0 unspecified atom stereocenters. The number of carbonyl (C=O) groups excluding carboxylic acids is 2. The summed E-state index contributed by atoms with van der Waals surface area (Å²) in [5, 5.41) is 1.16. The standard InChI is InChI=1S/C11H11N3O2.C9H6N2O.C4H8O.CH4/c1-14(16-2)11(15)8-3-4-9-10(7-8)13-6-5-12-9;12-6-7-1-2-8-9(5-7)11-4-3-10-8;1-2-4-5-3-1;/h3-7H,1-2H3;1-6H;1-4H2;1H4. The first-order chi connectivity index (χ1) is 16.1. The summed E-state index contributed by atoms with van der Waals surface area (Å²) in [7, 11) is 3.00. The predicted molar refractivity (Wildman–Crippen MR) is 130 cm³/mol. The van der Waals surface area contributed by atoms with Crippen LogP contribution in [-0.4, -0.2) is 64.6 Å². The molecule has 1 saturated heterocycles. The fourth-order valence-corrected chi connectivity index (χ4v) is 2.92. The lowest BCUT2D eigenvalue weighted by atomic mass is 10.2. The van der Waals surface area contributed by atoms with Gasteiger partial charge in [0.05, 0.1) is 29.2 Å². The minimum Gasteiger partial charge on any atom is -0.381 e. The Balaban J connectivity index is 0.000000199. The molecular formula is C25H29N5O4. The first kappa shape index (κ1) is 26.4. The Kier molecular flexibility index (Phi) is 10.6. The van der Waals surface area contributed by atoms with Gasteiger partial charge >= 0.3 is 0 Å². The fraction of sp³-hybridized carbons (Fsp3) is 0.280. The molecule has 3 heterocycles. The summed E-state index contributed by atoms with van der Waals surface area (Å²) < 4.78 is 4.94. The quantitative estimate of drug-likeness (QED) is 0.330. The molecule has 5 rings (SSSR count). The molecule has 1 amide bonds. The number of aromatic nitrogens is 4. The number of hydrogen-bond donors (Lipinski definition) is 0. The highest BCUT2D eigenvalue weighted by molar-refractivity contribution is 5.96. The number of carbonyl (C=O) groups is 2. The second-order valence-electron chi connectivity index (χ2n) is 6.99. The molecule has 9 heteroatoms. The number of fused-ring (bicyclic) bond motifs is 2. The van der Waals surface area contributed by atoms with E-state index in [0.29, 0.717) is 16.6 Å². The normalized spacial score (nSPS) is 11.9. The average molecular weight is 464 g/mol. The molecule has 1 fully saturated rings. The van der Waals surface area contributed by atoms with Crippen molar-refractivity contribution in [1.82, 2.24) is 25.0 Å². The lowest BCUT2D eigenvalue weighted by molar-refractivity contribution is -0.0756. The van der Waals surface area contributed by atoms with Crippen molar-refractivity contribution in [3.05, 3.63) is 72.3 Å². The van der Waals surface area contributed by atoms with Gasteiger partial charge in [0.15, 0.2) is 0 Å². The van der Waals surface area contributed by atoms with Gasteiger partial charge in [-0.1, -0.05) is 7.43 Å². The minimum absolute atomic E-state index is 0. The Morgan fingerprint density at radius 1 is 0.882 bits per heavy atom. The van der Waals surface area contributed by atoms with E-state index < -0.39 is 0 Å². The number of hydrogen-bond acceptors (Lipinski definition) is 8. The molecule has 0 N–H and O–H groups in total. The van der Waals surface area contributed by atoms with E-state index in [2.05, 4.69) is 19.9 Å². The summed E-state index contributed by atoms with van der Waals surface area (Å²) in [5.74, 6) is -0.213. The highest BCUT2D eigenvalue weighted by Crippen LogP contribution is 2.12. The van der Waals surface area contributed by atoms with E-state index in [4.69, 9.17) is 9.57 Å². The summed E-state index contributed by atoms with van der Waals surface area (Å²) in [6.45, 7) is 2.00. The molecule has 0 atom stereocenters. The van der Waals surface area contributed by atoms with Crippen molar-refractivity contribution in [3.63, 3.8) is 0 Å². The second kappa shape index (κ2) is 13.7. The minimum atomic E-state index is -0.213. The van der Waals surface area contributed by atoms with Gasteiger partial charge < -0.3 is 4.74 Å². The van der Waals surface area contributed by atoms with Crippen molar-refractivity contribution in [2.75, 3.05) is 27.4 Å². The number of aldehydes is 1. The summed E-state index contributed by atoms with van der Waals surface area (Å²) in [6, 6.07) is 10.4. The van der Waals surface area contributed by atoms with Crippen LogP contribution < -0.4 is 0 Å². The number of hydroxylamine groups is 2. The van der Waals surface area contributed by atoms with Crippen molar-refractivity contribution in [3.8, 4) is 0 Å². The number of benzene rings is 2. The first-order valence-electron chi connectivity index (χ1n) is 10.4. The van der Waals surface area contributed by atoms with Crippen LogP contribution in [0.25, 0.3) is 22.1 Å². The maximum atomic E-state index is 11.8. The smallest absolute Gasteiger partial charge is 0.277 e. The van der Waals surface area contributed by atoms with Crippen LogP contribution in [0, 0.1) is 0 Å². The third-order valence-electron chi connectivity index (χ3n) is 4.73. The molecule has 0 spiro atoms. The molecule has 4 aromatic rings. The highest BCUT2D eigenvalue weighted by atomic mass is 16.7. The first-order valence-corrected chi connectivity index (χ1v) is 10.4. The molecule has 0 bridgehead atoms. The summed E-state index contributed by atoms with van der Waals surface area (Å²) in [5.41, 5.74) is 4.17. The summed E-state index contributed by atoms with van der Waals surface area (Å²) in [6.07, 6.45) is 9.80. The second-order valence-corrected chi connectivity index (χ2v) is 6.99. The van der Waals surface area contributed by atoms with Gasteiger partial charge in [-0.05, 0) is 49.2 Å². The third-order valence-corrected chi connectivity index (χ3v) is 4.73. The maximum absolute atomic E-state index is 11.8. The molecule has 0 saturated carbocycles. The molecule has 0 radical (unpaired) electrons. The average Bonchev–Trinajstić information content (AvgIpc) is 3.48. The Bertz CT molecular complexity index is 1210. The van der Waals surface area contributed by atoms with Gasteiger partial charge in [0.25, 0.3) is 5.91 Å². The molecule has 9 nitrogen and oxygen atoms in total. The molecule has 2 aromatic carbocycles. The van der Waals surface area contributed by atoms with Gasteiger partial charge in [0.2, 0.25) is 0 Å². The van der Waals surface area contributed by atoms with Crippen molar-refractivity contribution < 1.29 is 19.2 Å². The maximum Gasteiger partial charge on any atom is 0.277 e. The zero-order chi connectivity index (χ0) is 23.5. The lowest BCUT2D eigenvalue weighted by Crippen LogP contribution is -2.25. The molecule has 178 valence electrons. The van der Waals surface area contributed by atoms with Crippen LogP contribution in [0.4, 0.5) is 0 Å². The number of nitrogens with zero attached hydrogens (tertiary/aromatic N) is 5. The topological polar surface area (TPSA) is 107 Å². The Morgan fingerprint density at radius 3 is 1.91 bits per heavy atom. The number of amides is 1. The van der Waals surface area contributed by atoms with Crippen LogP contribution >= 0.6 is 0 Å². The monoisotopic (exact) mass is 463 g/mol. The third kappa shape index (κ3) is 7.36. The molecule has 1 aliphatic heterocycles. The Hall–Kier alpha value is -3.82. The van der Waals surface area contributed by atoms with Gasteiger partial charge in [0, 0.05) is 56.2 Å². The van der Waals surface area contributed by atoms with Gasteiger partial charge in [0.1, 0.15) is 6.29 Å². The van der Waals surface area contributed by atoms with Crippen LogP contribution in [0.3, 0.4) is 0 Å². The van der Waals surface area contributed by atoms with Crippen molar-refractivity contribution in [1.29, 1.82) is 0 Å². The van der Waals surface area contributed by atoms with Gasteiger partial charge in [-0.15, -0.1) is 0 Å². The van der Waals surface area contributed by atoms with Crippen molar-refractivity contribution in [2.45, 2.75) is 20.3 Å². The van der Waals surface area contributed by atoms with Crippen LogP contribution in [0.1, 0.15) is 41.0 Å². The van der Waals surface area contributed by atoms with Crippen LogP contribution in [0.5, 0.6) is 0 Å². The molecular weight excluding hydrogens is 434 g/mol. The van der Waals surface area contributed by atoms with Crippen molar-refractivity contribution >= 4 is 34.3 Å². The van der Waals surface area contributed by atoms with E-state index in [-0.39, 0.29) is 13.3 Å². The van der Waals surface area contributed by atoms with Crippen LogP contribution in [0.15, 0.2) is 61.2 Å². The molecule has 0 aliphatic carbocycles. The largest absolute Gasteiger partial charge is 0.381 e. The number of rotatable bonds is 3. The summed E-state index contributed by atoms with van der Waals surface area (Å²) >= 11 is 0. The fourth-order valence-electron chi connectivity index (χ4n) is 2.92. The predicted octanol–water partition coefficient (Wildman–Crippen LogP) is 4.14. The van der Waals surface area contributed by atoms with Gasteiger partial charge in [-0.3, -0.25) is 34.4 Å². The van der Waals surface area contributed by atoms with E-state index >= 15 is 0 Å². The number of ether oxygens (including phenoxy) is 1. The lowest BCUT2D eigenvalue weighted by Gasteiger charge is -2.13. The molecule has 34 heavy (non-hydrogen) atoms. The van der Waals surface area contributed by atoms with E-state index in [0.717, 1.165) is 41.1 Å². The summed E-state index contributed by atoms with van der Waals surface area (Å²) in [4.78, 5) is 43.4. The Labute approximate surface area is 198 Å². The van der Waals surface area contributed by atoms with Crippen molar-refractivity contribution in [2.24, 2.45) is 0 Å². The SMILES string of the molecule is C.C1CCOC1.CON(C)C(=O)c1ccc2nccnc2c1.O=Cc1ccc2nccnc2c1. The zero-order valence-corrected chi connectivity index (χ0v) is 18.5. The van der Waals surface area contributed by atoms with E-state index in [1.807, 2.05) is 0 Å². The highest BCUT2D eigenvalue weighted by Gasteiger charge is 2.11.